The molecular formula is C19H21IN2O5. The number of carboxylic acids is 1. The standard InChI is InChI=1S/C19H21IN2O5/c1-19(2,3)27-18(26)21-7-6-12(9-21)22-10-14(17(24)25)16(23)13-8-11(20)4-5-15(13)22/h4-5,8,10,12H,6-7,9H2,1-3H3,(H,24,25). The molecule has 1 aliphatic heterocycles. The SMILES string of the molecule is CC(C)(C)OC(=O)N1CCC(n2cc(C(=O)O)c(=O)c3cc(I)ccc32)C1. The Hall–Kier alpha value is -2.10. The van der Waals surface area contributed by atoms with Gasteiger partial charge in [-0.1, -0.05) is 0 Å². The Morgan fingerprint density at radius 2 is 2.00 bits per heavy atom. The quantitative estimate of drug-likeness (QED) is 0.660. The van der Waals surface area contributed by atoms with Crippen LogP contribution in [0.4, 0.5) is 4.79 Å². The number of carbonyl (C=O) groups is 2. The molecule has 0 aliphatic carbocycles. The van der Waals surface area contributed by atoms with Crippen LogP contribution in [0.1, 0.15) is 43.6 Å². The van der Waals surface area contributed by atoms with E-state index in [0.717, 1.165) is 3.57 Å². The second kappa shape index (κ2) is 7.14. The van der Waals surface area contributed by atoms with E-state index in [2.05, 4.69) is 22.6 Å². The zero-order chi connectivity index (χ0) is 19.9. The van der Waals surface area contributed by atoms with Crippen LogP contribution < -0.4 is 5.43 Å². The number of ether oxygens (including phenoxy) is 1. The molecule has 2 heterocycles. The predicted octanol–water partition coefficient (Wildman–Crippen LogP) is 3.49. The molecule has 1 N–H and O–H groups in total. The lowest BCUT2D eigenvalue weighted by Gasteiger charge is -2.25. The molecule has 1 aliphatic rings. The van der Waals surface area contributed by atoms with Crippen LogP contribution in [0.3, 0.4) is 0 Å². The van der Waals surface area contributed by atoms with Crippen LogP contribution in [-0.2, 0) is 4.74 Å². The number of halogens is 1. The molecule has 1 unspecified atom stereocenters. The Labute approximate surface area is 170 Å². The van der Waals surface area contributed by atoms with Crippen molar-refractivity contribution in [2.75, 3.05) is 13.1 Å². The number of hydrogen-bond donors (Lipinski definition) is 1. The molecule has 0 saturated carbocycles. The number of amides is 1. The summed E-state index contributed by atoms with van der Waals surface area (Å²) in [6.07, 6.45) is 1.66. The average molecular weight is 484 g/mol. The van der Waals surface area contributed by atoms with E-state index in [4.69, 9.17) is 4.74 Å². The highest BCUT2D eigenvalue weighted by Gasteiger charge is 2.31. The maximum atomic E-state index is 12.5. The number of hydrogen-bond acceptors (Lipinski definition) is 4. The summed E-state index contributed by atoms with van der Waals surface area (Å²) in [5.41, 5.74) is -0.664. The molecule has 1 atom stereocenters. The Kier molecular flexibility index (Phi) is 5.20. The minimum atomic E-state index is -1.25. The number of aromatic carboxylic acids is 1. The largest absolute Gasteiger partial charge is 0.477 e. The van der Waals surface area contributed by atoms with Gasteiger partial charge in [-0.25, -0.2) is 9.59 Å². The summed E-state index contributed by atoms with van der Waals surface area (Å²) in [6, 6.07) is 5.26. The summed E-state index contributed by atoms with van der Waals surface area (Å²) >= 11 is 2.09. The first-order chi connectivity index (χ1) is 12.6. The van der Waals surface area contributed by atoms with Crippen molar-refractivity contribution in [3.05, 3.63) is 43.8 Å². The minimum absolute atomic E-state index is 0.126. The molecule has 7 nitrogen and oxygen atoms in total. The van der Waals surface area contributed by atoms with Gasteiger partial charge in [-0.05, 0) is 68.0 Å². The van der Waals surface area contributed by atoms with Crippen molar-refractivity contribution in [1.82, 2.24) is 9.47 Å². The number of fused-ring (bicyclic) bond motifs is 1. The molecule has 0 spiro atoms. The topological polar surface area (TPSA) is 88.8 Å². The van der Waals surface area contributed by atoms with Crippen molar-refractivity contribution in [3.63, 3.8) is 0 Å². The molecular weight excluding hydrogens is 463 g/mol. The molecule has 27 heavy (non-hydrogen) atoms. The summed E-state index contributed by atoms with van der Waals surface area (Å²) in [5.74, 6) is -1.25. The van der Waals surface area contributed by atoms with Crippen LogP contribution in [-0.4, -0.2) is 45.3 Å². The van der Waals surface area contributed by atoms with E-state index in [1.165, 1.54) is 6.20 Å². The summed E-state index contributed by atoms with van der Waals surface area (Å²) in [6.45, 7) is 6.36. The maximum Gasteiger partial charge on any atom is 0.410 e. The Morgan fingerprint density at radius 3 is 2.63 bits per heavy atom. The molecule has 144 valence electrons. The predicted molar refractivity (Wildman–Crippen MR) is 109 cm³/mol. The van der Waals surface area contributed by atoms with Gasteiger partial charge in [0.25, 0.3) is 0 Å². The Morgan fingerprint density at radius 1 is 1.30 bits per heavy atom. The van der Waals surface area contributed by atoms with Crippen LogP contribution in [0, 0.1) is 3.57 Å². The molecule has 0 bridgehead atoms. The molecule has 3 rings (SSSR count). The van der Waals surface area contributed by atoms with Gasteiger partial charge in [0.15, 0.2) is 0 Å². The van der Waals surface area contributed by atoms with Crippen molar-refractivity contribution in [1.29, 1.82) is 0 Å². The first-order valence-corrected chi connectivity index (χ1v) is 9.70. The normalized spacial score (nSPS) is 17.3. The van der Waals surface area contributed by atoms with E-state index < -0.39 is 17.0 Å². The third-order valence-electron chi connectivity index (χ3n) is 4.43. The number of nitrogens with zero attached hydrogens (tertiary/aromatic N) is 2. The van der Waals surface area contributed by atoms with Crippen molar-refractivity contribution in [3.8, 4) is 0 Å². The zero-order valence-electron chi connectivity index (χ0n) is 15.4. The molecule has 1 aromatic heterocycles. The summed E-state index contributed by atoms with van der Waals surface area (Å²) in [4.78, 5) is 38.0. The molecule has 8 heteroatoms. The van der Waals surface area contributed by atoms with Crippen LogP contribution >= 0.6 is 22.6 Å². The van der Waals surface area contributed by atoms with E-state index in [-0.39, 0.29) is 17.7 Å². The zero-order valence-corrected chi connectivity index (χ0v) is 17.5. The van der Waals surface area contributed by atoms with Crippen LogP contribution in [0.25, 0.3) is 10.9 Å². The molecule has 1 amide bonds. The van der Waals surface area contributed by atoms with Crippen molar-refractivity contribution in [2.24, 2.45) is 0 Å². The third-order valence-corrected chi connectivity index (χ3v) is 5.10. The van der Waals surface area contributed by atoms with Crippen molar-refractivity contribution < 1.29 is 19.4 Å². The molecule has 1 saturated heterocycles. The highest BCUT2D eigenvalue weighted by molar-refractivity contribution is 14.1. The fraction of sp³-hybridized carbons (Fsp3) is 0.421. The van der Waals surface area contributed by atoms with Gasteiger partial charge in [-0.3, -0.25) is 4.79 Å². The van der Waals surface area contributed by atoms with Gasteiger partial charge in [0.2, 0.25) is 5.43 Å². The fourth-order valence-electron chi connectivity index (χ4n) is 3.24. The monoisotopic (exact) mass is 484 g/mol. The first kappa shape index (κ1) is 19.7. The van der Waals surface area contributed by atoms with Gasteiger partial charge in [0, 0.05) is 28.2 Å². The van der Waals surface area contributed by atoms with E-state index in [1.807, 2.05) is 32.9 Å². The Balaban J connectivity index is 2.00. The van der Waals surface area contributed by atoms with Gasteiger partial charge in [-0.15, -0.1) is 0 Å². The molecule has 1 aromatic carbocycles. The number of carbonyl (C=O) groups excluding carboxylic acids is 1. The van der Waals surface area contributed by atoms with Crippen molar-refractivity contribution in [2.45, 2.75) is 38.8 Å². The van der Waals surface area contributed by atoms with E-state index in [0.29, 0.717) is 30.4 Å². The van der Waals surface area contributed by atoms with Crippen LogP contribution in [0.15, 0.2) is 29.2 Å². The van der Waals surface area contributed by atoms with Crippen LogP contribution in [0.5, 0.6) is 0 Å². The van der Waals surface area contributed by atoms with Gasteiger partial charge in [0.05, 0.1) is 11.6 Å². The van der Waals surface area contributed by atoms with Gasteiger partial charge < -0.3 is 19.3 Å². The highest BCUT2D eigenvalue weighted by Crippen LogP contribution is 2.27. The Bertz CT molecular complexity index is 976. The summed E-state index contributed by atoms with van der Waals surface area (Å²) in [7, 11) is 0. The molecule has 1 fully saturated rings. The second-order valence-electron chi connectivity index (χ2n) is 7.61. The summed E-state index contributed by atoms with van der Waals surface area (Å²) in [5, 5.41) is 9.80. The van der Waals surface area contributed by atoms with E-state index >= 15 is 0 Å². The third kappa shape index (κ3) is 4.10. The van der Waals surface area contributed by atoms with Crippen molar-refractivity contribution >= 4 is 45.6 Å². The van der Waals surface area contributed by atoms with Gasteiger partial charge >= 0.3 is 12.1 Å². The number of likely N-dealkylation sites (tertiary alicyclic amines) is 1. The second-order valence-corrected chi connectivity index (χ2v) is 8.86. The fourth-order valence-corrected chi connectivity index (χ4v) is 3.73. The highest BCUT2D eigenvalue weighted by atomic mass is 127. The lowest BCUT2D eigenvalue weighted by molar-refractivity contribution is 0.0289. The number of benzene rings is 1. The van der Waals surface area contributed by atoms with Crippen LogP contribution in [0.2, 0.25) is 0 Å². The maximum absolute atomic E-state index is 12.5. The molecule has 2 aromatic rings. The lowest BCUT2D eigenvalue weighted by atomic mass is 10.1. The average Bonchev–Trinajstić information content (AvgIpc) is 3.03. The first-order valence-electron chi connectivity index (χ1n) is 8.62. The minimum Gasteiger partial charge on any atom is -0.477 e. The van der Waals surface area contributed by atoms with E-state index in [1.54, 1.807) is 15.5 Å². The van der Waals surface area contributed by atoms with E-state index in [9.17, 15) is 19.5 Å². The van der Waals surface area contributed by atoms with Gasteiger partial charge in [-0.2, -0.15) is 0 Å². The molecule has 0 radical (unpaired) electrons. The summed E-state index contributed by atoms with van der Waals surface area (Å²) < 4.78 is 8.08. The number of aromatic nitrogens is 1. The number of carboxylic acid groups (broad SMARTS) is 1. The number of rotatable bonds is 2. The smallest absolute Gasteiger partial charge is 0.410 e. The number of pyridine rings is 1. The van der Waals surface area contributed by atoms with Gasteiger partial charge in [0.1, 0.15) is 11.2 Å². The lowest BCUT2D eigenvalue weighted by Crippen LogP contribution is -2.35.